The number of hydrogen-bond donors (Lipinski definition) is 1. The van der Waals surface area contributed by atoms with E-state index in [9.17, 15) is 18.0 Å². The molecule has 0 radical (unpaired) electrons. The lowest BCUT2D eigenvalue weighted by atomic mass is 9.98. The fourth-order valence-corrected chi connectivity index (χ4v) is 3.68. The SMILES string of the molecule is COc1ncccc1C(=O)N1CC[C@]2(C[C@@H](Oc3cccnc3)CO2)C1.O=C(O)C(F)(F)F. The van der Waals surface area contributed by atoms with Gasteiger partial charge in [-0.2, -0.15) is 13.2 Å². The Morgan fingerprint density at radius 1 is 1.27 bits per heavy atom. The van der Waals surface area contributed by atoms with E-state index in [2.05, 4.69) is 9.97 Å². The predicted octanol–water partition coefficient (Wildman–Crippen LogP) is 2.57. The van der Waals surface area contributed by atoms with Crippen LogP contribution in [-0.4, -0.2) is 76.5 Å². The summed E-state index contributed by atoms with van der Waals surface area (Å²) in [4.78, 5) is 31.7. The van der Waals surface area contributed by atoms with Gasteiger partial charge in [-0.05, 0) is 30.7 Å². The Balaban J connectivity index is 0.000000383. The van der Waals surface area contributed by atoms with Crippen molar-refractivity contribution >= 4 is 11.9 Å². The smallest absolute Gasteiger partial charge is 0.486 e. The van der Waals surface area contributed by atoms with Crippen LogP contribution in [0.1, 0.15) is 23.2 Å². The molecule has 1 amide bonds. The predicted molar refractivity (Wildman–Crippen MR) is 107 cm³/mol. The van der Waals surface area contributed by atoms with E-state index in [0.29, 0.717) is 31.1 Å². The monoisotopic (exact) mass is 469 g/mol. The summed E-state index contributed by atoms with van der Waals surface area (Å²) in [5.41, 5.74) is 0.144. The maximum absolute atomic E-state index is 12.9. The van der Waals surface area contributed by atoms with Crippen LogP contribution in [0.2, 0.25) is 0 Å². The summed E-state index contributed by atoms with van der Waals surface area (Å²) in [6.07, 6.45) is 1.48. The number of amides is 1. The molecule has 0 bridgehead atoms. The molecule has 178 valence electrons. The summed E-state index contributed by atoms with van der Waals surface area (Å²) < 4.78 is 49.0. The molecule has 0 aliphatic carbocycles. The quantitative estimate of drug-likeness (QED) is 0.728. The fraction of sp³-hybridized carbons (Fsp3) is 0.429. The van der Waals surface area contributed by atoms with Crippen molar-refractivity contribution in [2.24, 2.45) is 0 Å². The first-order valence-corrected chi connectivity index (χ1v) is 9.92. The van der Waals surface area contributed by atoms with Crippen molar-refractivity contribution in [2.75, 3.05) is 26.8 Å². The first-order chi connectivity index (χ1) is 15.6. The molecule has 2 fully saturated rings. The van der Waals surface area contributed by atoms with Crippen LogP contribution in [0.25, 0.3) is 0 Å². The van der Waals surface area contributed by atoms with Crippen LogP contribution in [0.4, 0.5) is 13.2 Å². The van der Waals surface area contributed by atoms with Crippen molar-refractivity contribution in [2.45, 2.75) is 30.7 Å². The van der Waals surface area contributed by atoms with E-state index in [1.54, 1.807) is 30.7 Å². The first-order valence-electron chi connectivity index (χ1n) is 9.92. The molecule has 2 aliphatic heterocycles. The topological polar surface area (TPSA) is 111 Å². The number of hydrogen-bond acceptors (Lipinski definition) is 7. The number of carbonyl (C=O) groups excluding carboxylic acids is 1. The minimum absolute atomic E-state index is 0.0258. The van der Waals surface area contributed by atoms with Gasteiger partial charge < -0.3 is 24.2 Å². The Kier molecular flexibility index (Phi) is 7.36. The molecule has 0 aromatic carbocycles. The lowest BCUT2D eigenvalue weighted by Gasteiger charge is -2.23. The van der Waals surface area contributed by atoms with E-state index < -0.39 is 12.1 Å². The fourth-order valence-electron chi connectivity index (χ4n) is 3.68. The number of rotatable bonds is 4. The number of likely N-dealkylation sites (tertiary alicyclic amines) is 1. The van der Waals surface area contributed by atoms with E-state index in [-0.39, 0.29) is 17.6 Å². The zero-order chi connectivity index (χ0) is 24.1. The largest absolute Gasteiger partial charge is 0.490 e. The second-order valence-corrected chi connectivity index (χ2v) is 7.47. The molecule has 33 heavy (non-hydrogen) atoms. The summed E-state index contributed by atoms with van der Waals surface area (Å²) in [6, 6.07) is 7.21. The van der Waals surface area contributed by atoms with Gasteiger partial charge in [0.2, 0.25) is 5.88 Å². The highest BCUT2D eigenvalue weighted by molar-refractivity contribution is 5.96. The zero-order valence-electron chi connectivity index (χ0n) is 17.6. The Morgan fingerprint density at radius 3 is 2.64 bits per heavy atom. The highest BCUT2D eigenvalue weighted by Crippen LogP contribution is 2.37. The Hall–Kier alpha value is -3.41. The summed E-state index contributed by atoms with van der Waals surface area (Å²) in [7, 11) is 1.52. The van der Waals surface area contributed by atoms with Gasteiger partial charge in [-0.25, -0.2) is 9.78 Å². The lowest BCUT2D eigenvalue weighted by molar-refractivity contribution is -0.192. The Bertz CT molecular complexity index is 975. The van der Waals surface area contributed by atoms with Gasteiger partial charge in [0.15, 0.2) is 0 Å². The molecule has 12 heteroatoms. The van der Waals surface area contributed by atoms with Crippen molar-refractivity contribution < 1.29 is 42.1 Å². The molecule has 2 saturated heterocycles. The third kappa shape index (κ3) is 6.09. The number of methoxy groups -OCH3 is 1. The number of aliphatic carboxylic acids is 1. The molecular weight excluding hydrogens is 447 g/mol. The summed E-state index contributed by atoms with van der Waals surface area (Å²) >= 11 is 0. The van der Waals surface area contributed by atoms with Crippen molar-refractivity contribution in [1.29, 1.82) is 0 Å². The summed E-state index contributed by atoms with van der Waals surface area (Å²) in [6.45, 7) is 1.72. The normalized spacial score (nSPS) is 21.9. The number of alkyl halides is 3. The minimum Gasteiger partial charge on any atom is -0.486 e. The number of aromatic nitrogens is 2. The number of nitrogens with zero attached hydrogens (tertiary/aromatic N) is 3. The third-order valence-electron chi connectivity index (χ3n) is 5.15. The molecule has 2 aromatic heterocycles. The highest BCUT2D eigenvalue weighted by Gasteiger charge is 2.48. The molecular formula is C21H22F3N3O6. The van der Waals surface area contributed by atoms with Crippen molar-refractivity contribution in [1.82, 2.24) is 14.9 Å². The Morgan fingerprint density at radius 2 is 2.00 bits per heavy atom. The molecule has 9 nitrogen and oxygen atoms in total. The summed E-state index contributed by atoms with van der Waals surface area (Å²) in [5, 5.41) is 7.12. The first kappa shape index (κ1) is 24.2. The molecule has 2 atom stereocenters. The average molecular weight is 469 g/mol. The summed E-state index contributed by atoms with van der Waals surface area (Å²) in [5.74, 6) is -1.74. The standard InChI is InChI=1S/C19H21N3O4.C2HF3O2/c1-24-17-16(5-3-8-21-17)18(23)22-9-6-19(13-22)10-15(12-25-19)26-14-4-2-7-20-11-14;3-2(4,5)1(6)7/h2-5,7-8,11,15H,6,9-10,12-13H2,1H3;(H,6,7)/t15-,19+;/m1./s1. The van der Waals surface area contributed by atoms with Crippen molar-refractivity contribution in [3.8, 4) is 11.6 Å². The molecule has 4 rings (SSSR count). The number of carboxylic acid groups (broad SMARTS) is 1. The molecule has 2 aromatic rings. The van der Waals surface area contributed by atoms with Gasteiger partial charge in [-0.3, -0.25) is 9.78 Å². The van der Waals surface area contributed by atoms with Crippen LogP contribution < -0.4 is 9.47 Å². The molecule has 1 N–H and O–H groups in total. The van der Waals surface area contributed by atoms with Crippen molar-refractivity contribution in [3.63, 3.8) is 0 Å². The van der Waals surface area contributed by atoms with Crippen LogP contribution in [0.5, 0.6) is 11.6 Å². The van der Waals surface area contributed by atoms with Crippen LogP contribution in [0.3, 0.4) is 0 Å². The van der Waals surface area contributed by atoms with Crippen molar-refractivity contribution in [3.05, 3.63) is 48.4 Å². The third-order valence-corrected chi connectivity index (χ3v) is 5.15. The van der Waals surface area contributed by atoms with Crippen LogP contribution >= 0.6 is 0 Å². The number of halogens is 3. The van der Waals surface area contributed by atoms with Gasteiger partial charge in [0.05, 0.1) is 32.1 Å². The number of carboxylic acids is 1. The number of carbonyl (C=O) groups is 2. The maximum atomic E-state index is 12.9. The van der Waals surface area contributed by atoms with E-state index >= 15 is 0 Å². The zero-order valence-corrected chi connectivity index (χ0v) is 17.6. The van der Waals surface area contributed by atoms with Gasteiger partial charge in [0, 0.05) is 25.4 Å². The highest BCUT2D eigenvalue weighted by atomic mass is 19.4. The van der Waals surface area contributed by atoms with Gasteiger partial charge in [0.25, 0.3) is 5.91 Å². The van der Waals surface area contributed by atoms with Crippen LogP contribution in [0, 0.1) is 0 Å². The van der Waals surface area contributed by atoms with Gasteiger partial charge in [0.1, 0.15) is 17.4 Å². The van der Waals surface area contributed by atoms with E-state index in [0.717, 1.165) is 18.6 Å². The van der Waals surface area contributed by atoms with Gasteiger partial charge in [-0.1, -0.05) is 0 Å². The van der Waals surface area contributed by atoms with Crippen LogP contribution in [-0.2, 0) is 9.53 Å². The molecule has 2 aliphatic rings. The van der Waals surface area contributed by atoms with E-state index in [1.165, 1.54) is 7.11 Å². The molecule has 0 unspecified atom stereocenters. The Labute approximate surface area is 187 Å². The second-order valence-electron chi connectivity index (χ2n) is 7.47. The number of pyridine rings is 2. The molecule has 4 heterocycles. The minimum atomic E-state index is -5.08. The van der Waals surface area contributed by atoms with E-state index in [1.807, 2.05) is 17.0 Å². The lowest BCUT2D eigenvalue weighted by Crippen LogP contribution is -2.36. The second kappa shape index (κ2) is 10.0. The number of ether oxygens (including phenoxy) is 3. The maximum Gasteiger partial charge on any atom is 0.490 e. The molecule has 1 spiro atoms. The average Bonchev–Trinajstić information content (AvgIpc) is 3.40. The molecule has 0 saturated carbocycles. The van der Waals surface area contributed by atoms with Crippen LogP contribution in [0.15, 0.2) is 42.9 Å². The van der Waals surface area contributed by atoms with E-state index in [4.69, 9.17) is 24.1 Å². The van der Waals surface area contributed by atoms with Gasteiger partial charge >= 0.3 is 12.1 Å². The van der Waals surface area contributed by atoms with Gasteiger partial charge in [-0.15, -0.1) is 0 Å².